The zero-order valence-electron chi connectivity index (χ0n) is 10.4. The Hall–Kier alpha value is -1.38. The highest BCUT2D eigenvalue weighted by atomic mass is 19.1. The van der Waals surface area contributed by atoms with Crippen LogP contribution in [-0.2, 0) is 0 Å². The van der Waals surface area contributed by atoms with E-state index in [-0.39, 0.29) is 5.82 Å². The molecule has 1 saturated heterocycles. The van der Waals surface area contributed by atoms with Crippen LogP contribution in [0.25, 0.3) is 0 Å². The second-order valence-electron chi connectivity index (χ2n) is 5.41. The molecule has 0 radical (unpaired) electrons. The van der Waals surface area contributed by atoms with Crippen LogP contribution in [-0.4, -0.2) is 18.9 Å². The highest BCUT2D eigenvalue weighted by Gasteiger charge is 2.36. The minimum atomic E-state index is -0.333. The van der Waals surface area contributed by atoms with E-state index in [9.17, 15) is 9.18 Å². The maximum atomic E-state index is 13.2. The summed E-state index contributed by atoms with van der Waals surface area (Å²) in [5.41, 5.74) is 1.40. The summed E-state index contributed by atoms with van der Waals surface area (Å²) in [4.78, 5) is 13.4. The first-order valence-corrected chi connectivity index (χ1v) is 6.81. The van der Waals surface area contributed by atoms with Gasteiger partial charge in [0.25, 0.3) is 0 Å². The largest absolute Gasteiger partial charge is 0.368 e. The van der Waals surface area contributed by atoms with Gasteiger partial charge >= 0.3 is 0 Å². The monoisotopic (exact) mass is 247 g/mol. The number of halogens is 1. The first-order valence-electron chi connectivity index (χ1n) is 6.81. The summed E-state index contributed by atoms with van der Waals surface area (Å²) >= 11 is 0. The molecular weight excluding hydrogens is 229 g/mol. The lowest BCUT2D eigenvalue weighted by Crippen LogP contribution is -2.35. The lowest BCUT2D eigenvalue weighted by molar-refractivity contribution is 0.112. The van der Waals surface area contributed by atoms with Crippen LogP contribution in [0.3, 0.4) is 0 Å². The number of fused-ring (bicyclic) bond motifs is 1. The molecule has 2 unspecified atom stereocenters. The van der Waals surface area contributed by atoms with Crippen LogP contribution >= 0.6 is 0 Å². The van der Waals surface area contributed by atoms with E-state index in [1.54, 1.807) is 6.07 Å². The van der Waals surface area contributed by atoms with Crippen molar-refractivity contribution in [2.75, 3.05) is 11.4 Å². The summed E-state index contributed by atoms with van der Waals surface area (Å²) in [6, 6.07) is 5.12. The molecule has 0 spiro atoms. The first-order chi connectivity index (χ1) is 8.79. The lowest BCUT2D eigenvalue weighted by atomic mass is 9.85. The van der Waals surface area contributed by atoms with Crippen molar-refractivity contribution in [2.24, 2.45) is 5.92 Å². The maximum Gasteiger partial charge on any atom is 0.152 e. The number of benzene rings is 1. The van der Waals surface area contributed by atoms with Gasteiger partial charge in [-0.1, -0.05) is 12.8 Å². The lowest BCUT2D eigenvalue weighted by Gasteiger charge is -2.33. The fourth-order valence-electron chi connectivity index (χ4n) is 3.59. The zero-order valence-corrected chi connectivity index (χ0v) is 10.4. The Morgan fingerprint density at radius 3 is 2.89 bits per heavy atom. The highest BCUT2D eigenvalue weighted by Crippen LogP contribution is 2.39. The molecule has 1 aliphatic carbocycles. The Kier molecular flexibility index (Phi) is 3.06. The predicted molar refractivity (Wildman–Crippen MR) is 69.5 cm³/mol. The SMILES string of the molecule is O=Cc1cc(F)ccc1N1CCC2CCCCC21. The Morgan fingerprint density at radius 2 is 2.06 bits per heavy atom. The van der Waals surface area contributed by atoms with Gasteiger partial charge in [-0.15, -0.1) is 0 Å². The van der Waals surface area contributed by atoms with Gasteiger partial charge in [-0.2, -0.15) is 0 Å². The molecular formula is C15H18FNO. The summed E-state index contributed by atoms with van der Waals surface area (Å²) in [7, 11) is 0. The van der Waals surface area contributed by atoms with E-state index in [1.807, 2.05) is 0 Å². The van der Waals surface area contributed by atoms with Gasteiger partial charge in [0.2, 0.25) is 0 Å². The third kappa shape index (κ3) is 1.92. The summed E-state index contributed by atoms with van der Waals surface area (Å²) in [5.74, 6) is 0.434. The van der Waals surface area contributed by atoms with Crippen LogP contribution in [0.2, 0.25) is 0 Å². The quantitative estimate of drug-likeness (QED) is 0.746. The number of hydrogen-bond donors (Lipinski definition) is 0. The number of rotatable bonds is 2. The highest BCUT2D eigenvalue weighted by molar-refractivity contribution is 5.84. The average molecular weight is 247 g/mol. The third-order valence-corrected chi connectivity index (χ3v) is 4.44. The molecule has 1 aromatic carbocycles. The molecule has 2 nitrogen and oxygen atoms in total. The van der Waals surface area contributed by atoms with Gasteiger partial charge in [0.1, 0.15) is 5.82 Å². The predicted octanol–water partition coefficient (Wildman–Crippen LogP) is 3.41. The van der Waals surface area contributed by atoms with E-state index in [2.05, 4.69) is 4.90 Å². The van der Waals surface area contributed by atoms with Crippen molar-refractivity contribution in [3.05, 3.63) is 29.6 Å². The average Bonchev–Trinajstić information content (AvgIpc) is 2.82. The van der Waals surface area contributed by atoms with E-state index in [4.69, 9.17) is 0 Å². The molecule has 1 aliphatic heterocycles. The molecule has 18 heavy (non-hydrogen) atoms. The zero-order chi connectivity index (χ0) is 12.5. The van der Waals surface area contributed by atoms with Gasteiger partial charge in [0.05, 0.1) is 0 Å². The van der Waals surface area contributed by atoms with Crippen molar-refractivity contribution in [2.45, 2.75) is 38.1 Å². The second-order valence-corrected chi connectivity index (χ2v) is 5.41. The van der Waals surface area contributed by atoms with Gasteiger partial charge < -0.3 is 4.90 Å². The molecule has 2 aliphatic rings. The third-order valence-electron chi connectivity index (χ3n) is 4.44. The Morgan fingerprint density at radius 1 is 1.22 bits per heavy atom. The minimum Gasteiger partial charge on any atom is -0.368 e. The minimum absolute atomic E-state index is 0.333. The molecule has 3 heteroatoms. The molecule has 3 rings (SSSR count). The van der Waals surface area contributed by atoms with Crippen LogP contribution in [0.4, 0.5) is 10.1 Å². The first kappa shape index (κ1) is 11.7. The van der Waals surface area contributed by atoms with Crippen LogP contribution in [0, 0.1) is 11.7 Å². The van der Waals surface area contributed by atoms with Gasteiger partial charge in [-0.25, -0.2) is 4.39 Å². The van der Waals surface area contributed by atoms with Gasteiger partial charge in [-0.3, -0.25) is 4.79 Å². The normalized spacial score (nSPS) is 27.1. The van der Waals surface area contributed by atoms with Crippen molar-refractivity contribution in [3.8, 4) is 0 Å². The second kappa shape index (κ2) is 4.71. The molecule has 1 heterocycles. The fourth-order valence-corrected chi connectivity index (χ4v) is 3.59. The van der Waals surface area contributed by atoms with Crippen molar-refractivity contribution in [1.82, 2.24) is 0 Å². The molecule has 2 atom stereocenters. The maximum absolute atomic E-state index is 13.2. The van der Waals surface area contributed by atoms with Crippen molar-refractivity contribution in [1.29, 1.82) is 0 Å². The smallest absolute Gasteiger partial charge is 0.152 e. The summed E-state index contributed by atoms with van der Waals surface area (Å²) in [5, 5.41) is 0. The number of nitrogens with zero attached hydrogens (tertiary/aromatic N) is 1. The molecule has 0 aromatic heterocycles. The van der Waals surface area contributed by atoms with Gasteiger partial charge in [0, 0.05) is 23.8 Å². The van der Waals surface area contributed by atoms with Crippen LogP contribution in [0.1, 0.15) is 42.5 Å². The summed E-state index contributed by atoms with van der Waals surface area (Å²) < 4.78 is 13.2. The molecule has 1 aromatic rings. The Bertz CT molecular complexity index is 460. The van der Waals surface area contributed by atoms with E-state index >= 15 is 0 Å². The van der Waals surface area contributed by atoms with Gasteiger partial charge in [0.15, 0.2) is 6.29 Å². The Labute approximate surface area is 107 Å². The van der Waals surface area contributed by atoms with Crippen molar-refractivity contribution < 1.29 is 9.18 Å². The van der Waals surface area contributed by atoms with E-state index in [1.165, 1.54) is 44.2 Å². The number of aldehydes is 1. The fraction of sp³-hybridized carbons (Fsp3) is 0.533. The number of hydrogen-bond acceptors (Lipinski definition) is 2. The molecule has 0 bridgehead atoms. The molecule has 0 N–H and O–H groups in total. The van der Waals surface area contributed by atoms with Crippen molar-refractivity contribution >= 4 is 12.0 Å². The Balaban J connectivity index is 1.92. The van der Waals surface area contributed by atoms with Crippen LogP contribution in [0.15, 0.2) is 18.2 Å². The van der Waals surface area contributed by atoms with E-state index < -0.39 is 0 Å². The van der Waals surface area contributed by atoms with E-state index in [0.717, 1.165) is 24.4 Å². The number of carbonyl (C=O) groups is 1. The number of carbonyl (C=O) groups excluding carboxylic acids is 1. The van der Waals surface area contributed by atoms with Crippen molar-refractivity contribution in [3.63, 3.8) is 0 Å². The summed E-state index contributed by atoms with van der Waals surface area (Å²) in [6.07, 6.45) is 7.10. The molecule has 1 saturated carbocycles. The molecule has 0 amide bonds. The summed E-state index contributed by atoms with van der Waals surface area (Å²) in [6.45, 7) is 1.00. The topological polar surface area (TPSA) is 20.3 Å². The number of anilines is 1. The molecule has 96 valence electrons. The van der Waals surface area contributed by atoms with Gasteiger partial charge in [-0.05, 0) is 43.4 Å². The van der Waals surface area contributed by atoms with E-state index in [0.29, 0.717) is 11.6 Å². The molecule has 2 fully saturated rings. The standard InChI is InChI=1S/C15H18FNO/c16-13-5-6-15(12(9-13)10-18)17-8-7-11-3-1-2-4-14(11)17/h5-6,9-11,14H,1-4,7-8H2. The van der Waals surface area contributed by atoms with Crippen LogP contribution < -0.4 is 4.90 Å². The van der Waals surface area contributed by atoms with Crippen LogP contribution in [0.5, 0.6) is 0 Å².